The molecule has 34 heavy (non-hydrogen) atoms. The third-order valence-electron chi connectivity index (χ3n) is 5.71. The molecule has 1 saturated heterocycles. The Morgan fingerprint density at radius 3 is 1.47 bits per heavy atom. The molecule has 0 radical (unpaired) electrons. The number of carbonyl (C=O) groups excluding carboxylic acids is 1. The Hall–Kier alpha value is -3.33. The standard InChI is InChI=1S/C25H19F6NO2/c1-32(2)21(33)11-18-22(14-3-7-16(8-4-14)24(26,27)28)19-12-34-13-20(19)23(18)15-5-9-17(10-6-15)25(29,30)31/h3-11H,12-13H2,1-2H3. The minimum absolute atomic E-state index is 0.170. The van der Waals surface area contributed by atoms with Crippen molar-refractivity contribution in [3.63, 3.8) is 0 Å². The van der Waals surface area contributed by atoms with Crippen LogP contribution in [0.2, 0.25) is 0 Å². The normalized spacial score (nSPS) is 16.3. The fraction of sp³-hybridized carbons (Fsp3) is 0.240. The van der Waals surface area contributed by atoms with Crippen molar-refractivity contribution in [2.75, 3.05) is 27.3 Å². The molecule has 0 N–H and O–H groups in total. The number of hydrogen-bond acceptors (Lipinski definition) is 2. The first-order chi connectivity index (χ1) is 15.9. The highest BCUT2D eigenvalue weighted by molar-refractivity contribution is 6.11. The van der Waals surface area contributed by atoms with E-state index < -0.39 is 23.5 Å². The lowest BCUT2D eigenvalue weighted by Crippen LogP contribution is -2.19. The Morgan fingerprint density at radius 2 is 1.15 bits per heavy atom. The number of halogens is 6. The number of fused-ring (bicyclic) bond motifs is 1. The maximum Gasteiger partial charge on any atom is 0.416 e. The van der Waals surface area contributed by atoms with Crippen molar-refractivity contribution >= 4 is 17.1 Å². The van der Waals surface area contributed by atoms with Gasteiger partial charge in [-0.15, -0.1) is 0 Å². The van der Waals surface area contributed by atoms with Crippen LogP contribution in [0.15, 0.2) is 71.3 Å². The second-order valence-corrected chi connectivity index (χ2v) is 8.14. The third kappa shape index (κ3) is 4.40. The van der Waals surface area contributed by atoms with Crippen molar-refractivity contribution in [2.45, 2.75) is 12.4 Å². The molecule has 9 heteroatoms. The number of nitrogens with zero attached hydrogens (tertiary/aromatic N) is 1. The maximum absolute atomic E-state index is 13.1. The fourth-order valence-electron chi connectivity index (χ4n) is 4.03. The molecule has 0 bridgehead atoms. The summed E-state index contributed by atoms with van der Waals surface area (Å²) in [6.45, 7) is 0.340. The van der Waals surface area contributed by atoms with E-state index in [4.69, 9.17) is 4.74 Å². The molecule has 1 fully saturated rings. The summed E-state index contributed by atoms with van der Waals surface area (Å²) in [6, 6.07) is 9.13. The predicted molar refractivity (Wildman–Crippen MR) is 114 cm³/mol. The molecule has 0 aromatic heterocycles. The summed E-state index contributed by atoms with van der Waals surface area (Å²) in [4.78, 5) is 14.0. The molecule has 3 nitrogen and oxygen atoms in total. The molecule has 0 atom stereocenters. The van der Waals surface area contributed by atoms with Crippen LogP contribution < -0.4 is 0 Å². The van der Waals surface area contributed by atoms with E-state index in [2.05, 4.69) is 0 Å². The Bertz CT molecular complexity index is 1130. The first-order valence-corrected chi connectivity index (χ1v) is 10.2. The fourth-order valence-corrected chi connectivity index (χ4v) is 4.03. The maximum atomic E-state index is 13.1. The van der Waals surface area contributed by atoms with Crippen LogP contribution >= 0.6 is 0 Å². The molecule has 1 heterocycles. The van der Waals surface area contributed by atoms with Crippen molar-refractivity contribution in [3.05, 3.63) is 93.6 Å². The van der Waals surface area contributed by atoms with Gasteiger partial charge in [-0.25, -0.2) is 0 Å². The Balaban J connectivity index is 1.87. The lowest BCUT2D eigenvalue weighted by Gasteiger charge is -2.16. The molecule has 2 aromatic rings. The largest absolute Gasteiger partial charge is 0.416 e. The van der Waals surface area contributed by atoms with E-state index in [1.807, 2.05) is 0 Å². The molecule has 0 spiro atoms. The van der Waals surface area contributed by atoms with Gasteiger partial charge in [0.15, 0.2) is 0 Å². The number of carbonyl (C=O) groups is 1. The number of ether oxygens (including phenoxy) is 1. The van der Waals surface area contributed by atoms with E-state index in [0.29, 0.717) is 39.0 Å². The smallest absolute Gasteiger partial charge is 0.372 e. The molecule has 4 rings (SSSR count). The van der Waals surface area contributed by atoms with Gasteiger partial charge in [0.1, 0.15) is 0 Å². The Labute approximate surface area is 191 Å². The van der Waals surface area contributed by atoms with Crippen LogP contribution in [0.1, 0.15) is 22.3 Å². The number of amides is 1. The predicted octanol–water partition coefficient (Wildman–Crippen LogP) is 5.99. The minimum Gasteiger partial charge on any atom is -0.372 e. The monoisotopic (exact) mass is 479 g/mol. The number of likely N-dealkylation sites (N-methyl/N-ethyl adjacent to an activating group) is 1. The second-order valence-electron chi connectivity index (χ2n) is 8.14. The minimum atomic E-state index is -4.50. The molecule has 1 aliphatic heterocycles. The van der Waals surface area contributed by atoms with Gasteiger partial charge in [0.2, 0.25) is 5.91 Å². The zero-order chi connectivity index (χ0) is 24.8. The summed E-state index contributed by atoms with van der Waals surface area (Å²) in [6.07, 6.45) is -7.65. The summed E-state index contributed by atoms with van der Waals surface area (Å²) in [5, 5.41) is 0. The molecule has 0 unspecified atom stereocenters. The SMILES string of the molecule is CN(C)C(=O)C=C1C(c2ccc(C(F)(F)F)cc2)=C2COCC2=C1c1ccc(C(F)(F)F)cc1. The van der Waals surface area contributed by atoms with Crippen LogP contribution in [-0.2, 0) is 21.9 Å². The summed E-state index contributed by atoms with van der Waals surface area (Å²) in [5.74, 6) is -0.370. The highest BCUT2D eigenvalue weighted by atomic mass is 19.4. The number of benzene rings is 2. The number of rotatable bonds is 3. The zero-order valence-electron chi connectivity index (χ0n) is 18.1. The van der Waals surface area contributed by atoms with Crippen molar-refractivity contribution in [3.8, 4) is 0 Å². The third-order valence-corrected chi connectivity index (χ3v) is 5.71. The molecule has 0 saturated carbocycles. The van der Waals surface area contributed by atoms with Crippen LogP contribution in [0.5, 0.6) is 0 Å². The van der Waals surface area contributed by atoms with Crippen molar-refractivity contribution in [2.24, 2.45) is 0 Å². The number of alkyl halides is 6. The van der Waals surface area contributed by atoms with E-state index in [9.17, 15) is 31.1 Å². The highest BCUT2D eigenvalue weighted by Gasteiger charge is 2.36. The Kier molecular flexibility index (Phi) is 5.93. The van der Waals surface area contributed by atoms with Gasteiger partial charge in [-0.05, 0) is 63.3 Å². The van der Waals surface area contributed by atoms with Crippen LogP contribution in [0.4, 0.5) is 26.3 Å². The number of allylic oxidation sites excluding steroid dienone is 3. The van der Waals surface area contributed by atoms with Crippen molar-refractivity contribution < 1.29 is 35.9 Å². The van der Waals surface area contributed by atoms with E-state index in [1.54, 1.807) is 14.1 Å². The molecule has 2 aromatic carbocycles. The average Bonchev–Trinajstić information content (AvgIpc) is 3.33. The first kappa shape index (κ1) is 23.8. The summed E-state index contributed by atoms with van der Waals surface area (Å²) < 4.78 is 84.0. The first-order valence-electron chi connectivity index (χ1n) is 10.2. The molecular formula is C25H19F6NO2. The molecule has 2 aliphatic rings. The summed E-state index contributed by atoms with van der Waals surface area (Å²) in [5.41, 5.74) is 2.18. The van der Waals surface area contributed by atoms with Gasteiger partial charge in [0, 0.05) is 20.2 Å². The van der Waals surface area contributed by atoms with Gasteiger partial charge in [-0.2, -0.15) is 26.3 Å². The van der Waals surface area contributed by atoms with Crippen LogP contribution in [0, 0.1) is 0 Å². The van der Waals surface area contributed by atoms with Crippen molar-refractivity contribution in [1.82, 2.24) is 4.90 Å². The van der Waals surface area contributed by atoms with Gasteiger partial charge in [-0.3, -0.25) is 4.79 Å². The highest BCUT2D eigenvalue weighted by Crippen LogP contribution is 2.50. The number of hydrogen-bond donors (Lipinski definition) is 0. The average molecular weight is 479 g/mol. The second kappa shape index (κ2) is 8.47. The van der Waals surface area contributed by atoms with Crippen LogP contribution in [0.3, 0.4) is 0 Å². The molecule has 178 valence electrons. The lowest BCUT2D eigenvalue weighted by atomic mass is 9.90. The van der Waals surface area contributed by atoms with Crippen molar-refractivity contribution in [1.29, 1.82) is 0 Å². The summed E-state index contributed by atoms with van der Waals surface area (Å²) >= 11 is 0. The molecule has 1 aliphatic carbocycles. The van der Waals surface area contributed by atoms with E-state index >= 15 is 0 Å². The quantitative estimate of drug-likeness (QED) is 0.400. The van der Waals surface area contributed by atoms with E-state index in [1.165, 1.54) is 35.2 Å². The van der Waals surface area contributed by atoms with E-state index in [0.717, 1.165) is 24.3 Å². The summed E-state index contributed by atoms with van der Waals surface area (Å²) in [7, 11) is 3.10. The topological polar surface area (TPSA) is 29.5 Å². The lowest BCUT2D eigenvalue weighted by molar-refractivity contribution is -0.138. The van der Waals surface area contributed by atoms with Gasteiger partial charge in [0.05, 0.1) is 24.3 Å². The van der Waals surface area contributed by atoms with E-state index in [-0.39, 0.29) is 19.1 Å². The zero-order valence-corrected chi connectivity index (χ0v) is 18.1. The van der Waals surface area contributed by atoms with Crippen LogP contribution in [0.25, 0.3) is 11.1 Å². The Morgan fingerprint density at radius 1 is 0.765 bits per heavy atom. The van der Waals surface area contributed by atoms with Crippen LogP contribution in [-0.4, -0.2) is 38.1 Å². The molecular weight excluding hydrogens is 460 g/mol. The van der Waals surface area contributed by atoms with Gasteiger partial charge >= 0.3 is 12.4 Å². The van der Waals surface area contributed by atoms with Gasteiger partial charge in [0.25, 0.3) is 0 Å². The van der Waals surface area contributed by atoms with Gasteiger partial charge < -0.3 is 9.64 Å². The molecule has 1 amide bonds. The van der Waals surface area contributed by atoms with Gasteiger partial charge in [-0.1, -0.05) is 24.3 Å².